The largest absolute Gasteiger partial charge is 0.348 e. The lowest BCUT2D eigenvalue weighted by molar-refractivity contribution is 0.0761. The molecule has 0 unspecified atom stereocenters. The second-order valence-electron chi connectivity index (χ2n) is 6.33. The molecule has 1 aliphatic heterocycles. The van der Waals surface area contributed by atoms with Gasteiger partial charge in [-0.1, -0.05) is 25.0 Å². The van der Waals surface area contributed by atoms with Gasteiger partial charge < -0.3 is 10.2 Å². The average Bonchev–Trinajstić information content (AvgIpc) is 2.96. The quantitative estimate of drug-likeness (QED) is 0.933. The van der Waals surface area contributed by atoms with Crippen LogP contribution in [0.5, 0.6) is 0 Å². The van der Waals surface area contributed by atoms with E-state index in [2.05, 4.69) is 10.3 Å². The minimum Gasteiger partial charge on any atom is -0.348 e. The molecule has 5 nitrogen and oxygen atoms in total. The van der Waals surface area contributed by atoms with Crippen molar-refractivity contribution in [2.45, 2.75) is 32.2 Å². The number of hydrogen-bond acceptors (Lipinski definition) is 3. The van der Waals surface area contributed by atoms with E-state index in [0.29, 0.717) is 17.7 Å². The average molecular weight is 337 g/mol. The van der Waals surface area contributed by atoms with E-state index in [4.69, 9.17) is 0 Å². The summed E-state index contributed by atoms with van der Waals surface area (Å²) >= 11 is 0. The van der Waals surface area contributed by atoms with E-state index in [9.17, 15) is 9.59 Å². The van der Waals surface area contributed by atoms with Crippen LogP contribution in [0.25, 0.3) is 0 Å². The molecule has 3 rings (SSSR count). The molecule has 2 heterocycles. The first-order valence-electron chi connectivity index (χ1n) is 8.80. The Hall–Kier alpha value is -2.69. The lowest BCUT2D eigenvalue weighted by atomic mass is 10.1. The zero-order chi connectivity index (χ0) is 17.5. The van der Waals surface area contributed by atoms with Crippen molar-refractivity contribution in [3.63, 3.8) is 0 Å². The minimum atomic E-state index is -0.186. The maximum Gasteiger partial charge on any atom is 0.253 e. The van der Waals surface area contributed by atoms with E-state index in [1.54, 1.807) is 36.7 Å². The van der Waals surface area contributed by atoms with Crippen molar-refractivity contribution in [1.82, 2.24) is 15.2 Å². The molecule has 130 valence electrons. The van der Waals surface area contributed by atoms with E-state index in [1.807, 2.05) is 17.0 Å². The third kappa shape index (κ3) is 4.66. The third-order valence-corrected chi connectivity index (χ3v) is 4.44. The van der Waals surface area contributed by atoms with Gasteiger partial charge in [-0.15, -0.1) is 0 Å². The first-order valence-corrected chi connectivity index (χ1v) is 8.80. The Kier molecular flexibility index (Phi) is 5.77. The molecular weight excluding hydrogens is 314 g/mol. The Bertz CT molecular complexity index is 723. The van der Waals surface area contributed by atoms with E-state index >= 15 is 0 Å². The van der Waals surface area contributed by atoms with Crippen LogP contribution < -0.4 is 5.32 Å². The van der Waals surface area contributed by atoms with Gasteiger partial charge in [-0.05, 0) is 42.7 Å². The van der Waals surface area contributed by atoms with Gasteiger partial charge in [0.05, 0.1) is 0 Å². The minimum absolute atomic E-state index is 0.0174. The number of benzene rings is 1. The highest BCUT2D eigenvalue weighted by atomic mass is 16.2. The molecule has 0 saturated carbocycles. The van der Waals surface area contributed by atoms with Crippen LogP contribution in [0.2, 0.25) is 0 Å². The Morgan fingerprint density at radius 1 is 1.00 bits per heavy atom. The molecule has 0 bridgehead atoms. The fraction of sp³-hybridized carbons (Fsp3) is 0.350. The normalized spacial score (nSPS) is 14.6. The van der Waals surface area contributed by atoms with E-state index in [-0.39, 0.29) is 11.8 Å². The van der Waals surface area contributed by atoms with Crippen LogP contribution in [0.15, 0.2) is 48.8 Å². The maximum absolute atomic E-state index is 12.7. The first-order chi connectivity index (χ1) is 12.2. The number of nitrogens with zero attached hydrogens (tertiary/aromatic N) is 2. The molecule has 1 aromatic carbocycles. The summed E-state index contributed by atoms with van der Waals surface area (Å²) in [6.45, 7) is 2.02. The van der Waals surface area contributed by atoms with E-state index in [0.717, 1.165) is 31.5 Å². The summed E-state index contributed by atoms with van der Waals surface area (Å²) < 4.78 is 0. The molecule has 1 fully saturated rings. The first kappa shape index (κ1) is 17.1. The molecule has 0 aliphatic carbocycles. The number of pyridine rings is 1. The van der Waals surface area contributed by atoms with Crippen molar-refractivity contribution in [3.05, 3.63) is 65.5 Å². The molecule has 0 radical (unpaired) electrons. The third-order valence-electron chi connectivity index (χ3n) is 4.44. The fourth-order valence-corrected chi connectivity index (χ4v) is 3.04. The van der Waals surface area contributed by atoms with Crippen molar-refractivity contribution < 1.29 is 9.59 Å². The van der Waals surface area contributed by atoms with Crippen LogP contribution >= 0.6 is 0 Å². The lowest BCUT2D eigenvalue weighted by Crippen LogP contribution is -2.32. The molecule has 5 heteroatoms. The fourth-order valence-electron chi connectivity index (χ4n) is 3.04. The van der Waals surface area contributed by atoms with Gasteiger partial charge in [-0.3, -0.25) is 14.6 Å². The van der Waals surface area contributed by atoms with Crippen molar-refractivity contribution in [2.75, 3.05) is 13.1 Å². The highest BCUT2D eigenvalue weighted by Gasteiger charge is 2.18. The summed E-state index contributed by atoms with van der Waals surface area (Å²) in [6.07, 6.45) is 7.89. The zero-order valence-corrected chi connectivity index (χ0v) is 14.3. The summed E-state index contributed by atoms with van der Waals surface area (Å²) in [5.74, 6) is -0.168. The topological polar surface area (TPSA) is 62.3 Å². The SMILES string of the molecule is O=C(NCc1cccnc1)c1cccc(C(=O)N2CCCCCC2)c1. The number of carbonyl (C=O) groups is 2. The van der Waals surface area contributed by atoms with Crippen LogP contribution in [0.4, 0.5) is 0 Å². The van der Waals surface area contributed by atoms with Crippen molar-refractivity contribution >= 4 is 11.8 Å². The van der Waals surface area contributed by atoms with Crippen molar-refractivity contribution in [3.8, 4) is 0 Å². The van der Waals surface area contributed by atoms with Crippen LogP contribution in [0.3, 0.4) is 0 Å². The number of rotatable bonds is 4. The molecule has 1 saturated heterocycles. The number of nitrogens with one attached hydrogen (secondary N) is 1. The Morgan fingerprint density at radius 2 is 1.76 bits per heavy atom. The van der Waals surface area contributed by atoms with Crippen LogP contribution in [-0.2, 0) is 6.54 Å². The molecule has 0 atom stereocenters. The number of hydrogen-bond donors (Lipinski definition) is 1. The zero-order valence-electron chi connectivity index (χ0n) is 14.3. The van der Waals surface area contributed by atoms with Crippen LogP contribution in [0, 0.1) is 0 Å². The smallest absolute Gasteiger partial charge is 0.253 e. The Balaban J connectivity index is 1.65. The predicted octanol–water partition coefficient (Wildman–Crippen LogP) is 3.03. The number of likely N-dealkylation sites (tertiary alicyclic amines) is 1. The second kappa shape index (κ2) is 8.42. The van der Waals surface area contributed by atoms with Gasteiger partial charge in [0.25, 0.3) is 11.8 Å². The highest BCUT2D eigenvalue weighted by Crippen LogP contribution is 2.14. The van der Waals surface area contributed by atoms with Crippen LogP contribution in [0.1, 0.15) is 52.0 Å². The highest BCUT2D eigenvalue weighted by molar-refractivity contribution is 5.99. The predicted molar refractivity (Wildman–Crippen MR) is 96.2 cm³/mol. The van der Waals surface area contributed by atoms with Crippen LogP contribution in [-0.4, -0.2) is 34.8 Å². The Morgan fingerprint density at radius 3 is 2.48 bits per heavy atom. The molecule has 2 aromatic rings. The maximum atomic E-state index is 12.7. The second-order valence-corrected chi connectivity index (χ2v) is 6.33. The number of aromatic nitrogens is 1. The van der Waals surface area contributed by atoms with Gasteiger partial charge in [0.1, 0.15) is 0 Å². The molecule has 0 spiro atoms. The summed E-state index contributed by atoms with van der Waals surface area (Å²) in [5, 5.41) is 2.87. The standard InChI is InChI=1S/C20H23N3O2/c24-19(22-15-16-7-6-10-21-14-16)17-8-5-9-18(13-17)20(25)23-11-3-1-2-4-12-23/h5-10,13-14H,1-4,11-12,15H2,(H,22,24). The van der Waals surface area contributed by atoms with Gasteiger partial charge in [0.2, 0.25) is 0 Å². The molecule has 25 heavy (non-hydrogen) atoms. The summed E-state index contributed by atoms with van der Waals surface area (Å²) in [4.78, 5) is 31.0. The number of amides is 2. The van der Waals surface area contributed by atoms with Gasteiger partial charge in [0, 0.05) is 43.2 Å². The molecule has 1 aromatic heterocycles. The van der Waals surface area contributed by atoms with E-state index in [1.165, 1.54) is 12.8 Å². The van der Waals surface area contributed by atoms with E-state index < -0.39 is 0 Å². The van der Waals surface area contributed by atoms with Crippen molar-refractivity contribution in [1.29, 1.82) is 0 Å². The molecule has 2 amide bonds. The van der Waals surface area contributed by atoms with Crippen molar-refractivity contribution in [2.24, 2.45) is 0 Å². The Labute approximate surface area is 148 Å². The summed E-state index contributed by atoms with van der Waals surface area (Å²) in [7, 11) is 0. The number of carbonyl (C=O) groups excluding carboxylic acids is 2. The molecule has 1 aliphatic rings. The van der Waals surface area contributed by atoms with Gasteiger partial charge >= 0.3 is 0 Å². The molecular formula is C20H23N3O2. The molecule has 1 N–H and O–H groups in total. The summed E-state index contributed by atoms with van der Waals surface area (Å²) in [5.41, 5.74) is 2.02. The summed E-state index contributed by atoms with van der Waals surface area (Å²) in [6, 6.07) is 10.7. The van der Waals surface area contributed by atoms with Gasteiger partial charge in [-0.2, -0.15) is 0 Å². The van der Waals surface area contributed by atoms with Gasteiger partial charge in [0.15, 0.2) is 0 Å². The van der Waals surface area contributed by atoms with Gasteiger partial charge in [-0.25, -0.2) is 0 Å². The lowest BCUT2D eigenvalue weighted by Gasteiger charge is -2.20. The monoisotopic (exact) mass is 337 g/mol.